The number of fused-ring (bicyclic) bond motifs is 1. The van der Waals surface area contributed by atoms with Crippen molar-refractivity contribution >= 4 is 17.6 Å². The molecule has 1 heterocycles. The van der Waals surface area contributed by atoms with E-state index in [1.165, 1.54) is 11.8 Å². The number of nitrogens with zero attached hydrogens (tertiary/aromatic N) is 3. The summed E-state index contributed by atoms with van der Waals surface area (Å²) in [6.07, 6.45) is 9.22. The normalized spacial score (nSPS) is 21.6. The molecule has 2 aliphatic carbocycles. The third-order valence-electron chi connectivity index (χ3n) is 6.77. The van der Waals surface area contributed by atoms with Crippen LogP contribution < -0.4 is 0 Å². The van der Waals surface area contributed by atoms with Crippen LogP contribution in [0.3, 0.4) is 0 Å². The zero-order valence-corrected chi connectivity index (χ0v) is 22.1. The summed E-state index contributed by atoms with van der Waals surface area (Å²) in [5.41, 5.74) is 5.80. The first-order valence-electron chi connectivity index (χ1n) is 12.7. The molecule has 2 N–H and O–H groups in total. The van der Waals surface area contributed by atoms with Gasteiger partial charge < -0.3 is 10.2 Å². The highest BCUT2D eigenvalue weighted by molar-refractivity contribution is 5.93. The molecule has 34 heavy (non-hydrogen) atoms. The van der Waals surface area contributed by atoms with Crippen LogP contribution in [-0.2, 0) is 6.42 Å². The molecule has 0 bridgehead atoms. The highest BCUT2D eigenvalue weighted by Crippen LogP contribution is 2.48. The molecule has 186 valence electrons. The van der Waals surface area contributed by atoms with Gasteiger partial charge in [0.1, 0.15) is 5.84 Å². The van der Waals surface area contributed by atoms with Gasteiger partial charge in [-0.3, -0.25) is 4.98 Å². The Labute approximate surface area is 205 Å². The van der Waals surface area contributed by atoms with E-state index in [1.807, 2.05) is 0 Å². The van der Waals surface area contributed by atoms with E-state index >= 15 is 0 Å². The van der Waals surface area contributed by atoms with Crippen LogP contribution in [0.2, 0.25) is 0 Å². The van der Waals surface area contributed by atoms with Gasteiger partial charge in [-0.1, -0.05) is 61.1 Å². The van der Waals surface area contributed by atoms with Crippen molar-refractivity contribution in [3.05, 3.63) is 46.9 Å². The predicted octanol–water partition coefficient (Wildman–Crippen LogP) is 6.86. The number of amidine groups is 1. The Hall–Kier alpha value is -2.11. The first-order chi connectivity index (χ1) is 15.9. The maximum absolute atomic E-state index is 11.5. The molecule has 0 spiro atoms. The third kappa shape index (κ3) is 5.75. The number of aromatic nitrogens is 1. The van der Waals surface area contributed by atoms with Crippen molar-refractivity contribution < 1.29 is 10.2 Å². The maximum atomic E-state index is 11.5. The zero-order chi connectivity index (χ0) is 25.3. The van der Waals surface area contributed by atoms with E-state index in [4.69, 9.17) is 4.98 Å². The Kier molecular flexibility index (Phi) is 7.99. The Morgan fingerprint density at radius 2 is 2.03 bits per heavy atom. The minimum absolute atomic E-state index is 0.00434. The van der Waals surface area contributed by atoms with Crippen LogP contribution in [0, 0.1) is 10.8 Å². The molecule has 5 nitrogen and oxygen atoms in total. The standard InChI is InChI=1S/C29H43N3O2/c1-9-30-27(28(4,5)6)31-15-14-21(33)25-23(19-12-10-11-13-19)24-20(32-26(25)18(2)3)16-29(7,8)17-22(24)34/h9,12,15,18,21-22,33-34H,1,10-11,13-14,16-17H2,2-8H3. The van der Waals surface area contributed by atoms with Gasteiger partial charge in [0, 0.05) is 46.8 Å². The van der Waals surface area contributed by atoms with Gasteiger partial charge in [0.15, 0.2) is 0 Å². The summed E-state index contributed by atoms with van der Waals surface area (Å²) in [7, 11) is 0. The molecule has 0 radical (unpaired) electrons. The summed E-state index contributed by atoms with van der Waals surface area (Å²) in [5.74, 6) is 0.834. The monoisotopic (exact) mass is 465 g/mol. The third-order valence-corrected chi connectivity index (χ3v) is 6.77. The minimum atomic E-state index is -0.762. The van der Waals surface area contributed by atoms with Crippen LogP contribution in [0.4, 0.5) is 0 Å². The second-order valence-corrected chi connectivity index (χ2v) is 11.9. The van der Waals surface area contributed by atoms with Gasteiger partial charge in [0.25, 0.3) is 0 Å². The van der Waals surface area contributed by atoms with Gasteiger partial charge >= 0.3 is 0 Å². The lowest BCUT2D eigenvalue weighted by molar-refractivity contribution is 0.0970. The van der Waals surface area contributed by atoms with Crippen molar-refractivity contribution in [1.29, 1.82) is 0 Å². The molecule has 0 aliphatic heterocycles. The van der Waals surface area contributed by atoms with E-state index in [9.17, 15) is 10.2 Å². The van der Waals surface area contributed by atoms with Crippen LogP contribution in [0.15, 0.2) is 28.8 Å². The Morgan fingerprint density at radius 3 is 2.59 bits per heavy atom. The topological polar surface area (TPSA) is 78.1 Å². The van der Waals surface area contributed by atoms with Crippen molar-refractivity contribution in [2.45, 2.75) is 105 Å². The summed E-state index contributed by atoms with van der Waals surface area (Å²) < 4.78 is 0. The van der Waals surface area contributed by atoms with E-state index in [0.29, 0.717) is 18.7 Å². The lowest BCUT2D eigenvalue weighted by Gasteiger charge is -2.37. The fourth-order valence-corrected chi connectivity index (χ4v) is 5.21. The van der Waals surface area contributed by atoms with Gasteiger partial charge in [-0.05, 0) is 54.6 Å². The van der Waals surface area contributed by atoms with Gasteiger partial charge in [-0.25, -0.2) is 9.98 Å². The first-order valence-corrected chi connectivity index (χ1v) is 12.7. The van der Waals surface area contributed by atoms with Gasteiger partial charge in [-0.2, -0.15) is 0 Å². The summed E-state index contributed by atoms with van der Waals surface area (Å²) in [5, 5.41) is 22.8. The Bertz CT molecular complexity index is 1010. The molecule has 5 heteroatoms. The van der Waals surface area contributed by atoms with Crippen molar-refractivity contribution in [1.82, 2.24) is 4.98 Å². The molecule has 2 atom stereocenters. The molecule has 2 aliphatic rings. The van der Waals surface area contributed by atoms with E-state index < -0.39 is 12.2 Å². The van der Waals surface area contributed by atoms with Crippen LogP contribution in [0.1, 0.15) is 127 Å². The SMILES string of the molecule is C=CN=C(N=CCC(O)c1c(C(C)C)nc2c(c1C1=CCCC1)C(O)CC(C)(C)C2)C(C)(C)C. The average molecular weight is 466 g/mol. The van der Waals surface area contributed by atoms with Crippen molar-refractivity contribution in [3.8, 4) is 0 Å². The second-order valence-electron chi connectivity index (χ2n) is 11.9. The first kappa shape index (κ1) is 26.5. The van der Waals surface area contributed by atoms with Gasteiger partial charge in [0.05, 0.1) is 12.2 Å². The largest absolute Gasteiger partial charge is 0.388 e. The summed E-state index contributed by atoms with van der Waals surface area (Å²) in [6.45, 7) is 18.5. The fraction of sp³-hybridized carbons (Fsp3) is 0.621. The molecular formula is C29H43N3O2. The van der Waals surface area contributed by atoms with Crippen molar-refractivity contribution in [2.75, 3.05) is 0 Å². The van der Waals surface area contributed by atoms with Crippen molar-refractivity contribution in [2.24, 2.45) is 20.8 Å². The van der Waals surface area contributed by atoms with Crippen LogP contribution in [-0.4, -0.2) is 27.2 Å². The molecule has 1 aromatic rings. The lowest BCUT2D eigenvalue weighted by Crippen LogP contribution is -2.29. The van der Waals surface area contributed by atoms with Gasteiger partial charge in [0.2, 0.25) is 0 Å². The number of aliphatic hydroxyl groups is 2. The zero-order valence-electron chi connectivity index (χ0n) is 22.1. The van der Waals surface area contributed by atoms with E-state index in [-0.39, 0.29) is 16.7 Å². The molecule has 1 aromatic heterocycles. The second kappa shape index (κ2) is 10.2. The summed E-state index contributed by atoms with van der Waals surface area (Å²) >= 11 is 0. The number of hydrogen-bond donors (Lipinski definition) is 2. The molecule has 0 saturated carbocycles. The lowest BCUT2D eigenvalue weighted by atomic mass is 9.71. The molecule has 0 fully saturated rings. The fourth-order valence-electron chi connectivity index (χ4n) is 5.21. The minimum Gasteiger partial charge on any atom is -0.388 e. The van der Waals surface area contributed by atoms with Gasteiger partial charge in [-0.15, -0.1) is 0 Å². The highest BCUT2D eigenvalue weighted by atomic mass is 16.3. The number of pyridine rings is 1. The summed E-state index contributed by atoms with van der Waals surface area (Å²) in [4.78, 5) is 14.0. The maximum Gasteiger partial charge on any atom is 0.133 e. The molecular weight excluding hydrogens is 422 g/mol. The van der Waals surface area contributed by atoms with E-state index in [2.05, 4.69) is 71.1 Å². The number of hydrogen-bond acceptors (Lipinski definition) is 4. The highest BCUT2D eigenvalue weighted by Gasteiger charge is 2.38. The molecule has 0 saturated heterocycles. The van der Waals surface area contributed by atoms with E-state index in [0.717, 1.165) is 53.8 Å². The molecule has 0 amide bonds. The number of rotatable bonds is 6. The number of aliphatic hydroxyl groups excluding tert-OH is 2. The van der Waals surface area contributed by atoms with E-state index in [1.54, 1.807) is 6.21 Å². The number of aliphatic imine (C=N–C) groups is 2. The Balaban J connectivity index is 2.12. The quantitative estimate of drug-likeness (QED) is 0.356. The predicted molar refractivity (Wildman–Crippen MR) is 142 cm³/mol. The molecule has 0 aromatic carbocycles. The van der Waals surface area contributed by atoms with Crippen molar-refractivity contribution in [3.63, 3.8) is 0 Å². The van der Waals surface area contributed by atoms with Crippen LogP contribution >= 0.6 is 0 Å². The summed E-state index contributed by atoms with van der Waals surface area (Å²) in [6, 6.07) is 0. The van der Waals surface area contributed by atoms with Crippen LogP contribution in [0.25, 0.3) is 5.57 Å². The molecule has 3 rings (SSSR count). The molecule has 2 unspecified atom stereocenters. The average Bonchev–Trinajstić information content (AvgIpc) is 3.24. The van der Waals surface area contributed by atoms with Crippen LogP contribution in [0.5, 0.6) is 0 Å². The Morgan fingerprint density at radius 1 is 1.32 bits per heavy atom. The number of allylic oxidation sites excluding steroid dienone is 2. The smallest absolute Gasteiger partial charge is 0.133 e.